The van der Waals surface area contributed by atoms with Crippen molar-refractivity contribution in [2.75, 3.05) is 12.8 Å². The van der Waals surface area contributed by atoms with Crippen LogP contribution in [0.4, 0.5) is 10.3 Å². The number of hydrogen-bond acceptors (Lipinski definition) is 5. The summed E-state index contributed by atoms with van der Waals surface area (Å²) < 4.78 is 18.1. The zero-order valence-corrected chi connectivity index (χ0v) is 9.44. The van der Waals surface area contributed by atoms with Gasteiger partial charge in [-0.05, 0) is 30.7 Å². The van der Waals surface area contributed by atoms with E-state index < -0.39 is 0 Å². The zero-order valence-electron chi connectivity index (χ0n) is 9.44. The fourth-order valence-electron chi connectivity index (χ4n) is 1.46. The number of nitrogen functional groups attached to an aromatic ring is 1. The molecule has 0 radical (unpaired) electrons. The highest BCUT2D eigenvalue weighted by molar-refractivity contribution is 5.57. The average molecular weight is 234 g/mol. The van der Waals surface area contributed by atoms with Crippen molar-refractivity contribution in [2.45, 2.75) is 6.92 Å². The van der Waals surface area contributed by atoms with E-state index in [4.69, 9.17) is 10.5 Å². The van der Waals surface area contributed by atoms with E-state index in [9.17, 15) is 4.39 Å². The summed E-state index contributed by atoms with van der Waals surface area (Å²) in [6.07, 6.45) is 0. The number of ether oxygens (including phenoxy) is 1. The van der Waals surface area contributed by atoms with Crippen LogP contribution < -0.4 is 10.5 Å². The Kier molecular flexibility index (Phi) is 2.86. The van der Waals surface area contributed by atoms with Crippen molar-refractivity contribution in [3.05, 3.63) is 29.6 Å². The molecular weight excluding hydrogens is 223 g/mol. The monoisotopic (exact) mass is 234 g/mol. The van der Waals surface area contributed by atoms with Crippen LogP contribution in [0.3, 0.4) is 0 Å². The van der Waals surface area contributed by atoms with E-state index in [1.807, 2.05) is 0 Å². The first-order chi connectivity index (χ1) is 8.08. The van der Waals surface area contributed by atoms with Crippen LogP contribution in [-0.2, 0) is 0 Å². The first kappa shape index (κ1) is 11.3. The zero-order chi connectivity index (χ0) is 12.4. The Balaban J connectivity index is 2.55. The molecule has 0 fully saturated rings. The molecule has 0 unspecified atom stereocenters. The van der Waals surface area contributed by atoms with Crippen molar-refractivity contribution >= 4 is 5.95 Å². The van der Waals surface area contributed by atoms with Gasteiger partial charge in [0.2, 0.25) is 5.95 Å². The van der Waals surface area contributed by atoms with Crippen molar-refractivity contribution in [3.8, 4) is 17.4 Å². The van der Waals surface area contributed by atoms with E-state index in [-0.39, 0.29) is 23.6 Å². The first-order valence-corrected chi connectivity index (χ1v) is 4.91. The van der Waals surface area contributed by atoms with Gasteiger partial charge in [0.05, 0.1) is 7.11 Å². The molecule has 0 aliphatic heterocycles. The van der Waals surface area contributed by atoms with Gasteiger partial charge < -0.3 is 10.5 Å². The SMILES string of the molecule is COc1nc(N)nc(-c2cc(C)cc(F)c2)n1. The maximum atomic E-state index is 13.3. The second kappa shape index (κ2) is 4.32. The lowest BCUT2D eigenvalue weighted by Crippen LogP contribution is -2.02. The smallest absolute Gasteiger partial charge is 0.321 e. The van der Waals surface area contributed by atoms with Gasteiger partial charge in [-0.25, -0.2) is 4.39 Å². The molecule has 0 amide bonds. The highest BCUT2D eigenvalue weighted by Gasteiger charge is 2.08. The predicted octanol–water partition coefficient (Wildman–Crippen LogP) is 1.58. The maximum Gasteiger partial charge on any atom is 0.321 e. The van der Waals surface area contributed by atoms with Gasteiger partial charge in [0.25, 0.3) is 0 Å². The topological polar surface area (TPSA) is 73.9 Å². The molecule has 2 rings (SSSR count). The van der Waals surface area contributed by atoms with Crippen LogP contribution in [0.15, 0.2) is 18.2 Å². The number of hydrogen-bond donors (Lipinski definition) is 1. The number of nitrogens with two attached hydrogens (primary N) is 1. The maximum absolute atomic E-state index is 13.3. The summed E-state index contributed by atoms with van der Waals surface area (Å²) in [7, 11) is 1.43. The summed E-state index contributed by atoms with van der Waals surface area (Å²) in [5.74, 6) is -0.0244. The Morgan fingerprint density at radius 2 is 1.94 bits per heavy atom. The molecule has 0 bridgehead atoms. The quantitative estimate of drug-likeness (QED) is 0.853. The molecule has 17 heavy (non-hydrogen) atoms. The summed E-state index contributed by atoms with van der Waals surface area (Å²) in [5.41, 5.74) is 6.83. The van der Waals surface area contributed by atoms with Crippen LogP contribution in [0.25, 0.3) is 11.4 Å². The summed E-state index contributed by atoms with van der Waals surface area (Å²) >= 11 is 0. The van der Waals surface area contributed by atoms with Crippen LogP contribution in [0.1, 0.15) is 5.56 Å². The molecule has 6 heteroatoms. The molecule has 1 heterocycles. The summed E-state index contributed by atoms with van der Waals surface area (Å²) in [6, 6.07) is 4.62. The fourth-order valence-corrected chi connectivity index (χ4v) is 1.46. The van der Waals surface area contributed by atoms with Gasteiger partial charge in [-0.1, -0.05) is 0 Å². The third kappa shape index (κ3) is 2.47. The lowest BCUT2D eigenvalue weighted by molar-refractivity contribution is 0.379. The Morgan fingerprint density at radius 1 is 1.18 bits per heavy atom. The number of methoxy groups -OCH3 is 1. The number of nitrogens with zero attached hydrogens (tertiary/aromatic N) is 3. The lowest BCUT2D eigenvalue weighted by atomic mass is 10.1. The second-order valence-electron chi connectivity index (χ2n) is 3.52. The number of benzene rings is 1. The Labute approximate surface area is 97.5 Å². The molecule has 2 aromatic rings. The summed E-state index contributed by atoms with van der Waals surface area (Å²) in [4.78, 5) is 11.7. The molecule has 88 valence electrons. The molecule has 2 N–H and O–H groups in total. The molecule has 1 aromatic heterocycles. The molecule has 0 saturated carbocycles. The number of halogens is 1. The molecule has 1 aromatic carbocycles. The normalized spacial score (nSPS) is 10.3. The minimum absolute atomic E-state index is 0.0359. The fraction of sp³-hybridized carbons (Fsp3) is 0.182. The third-order valence-electron chi connectivity index (χ3n) is 2.12. The number of anilines is 1. The van der Waals surface area contributed by atoms with Gasteiger partial charge in [-0.15, -0.1) is 0 Å². The predicted molar refractivity (Wildman–Crippen MR) is 60.9 cm³/mol. The highest BCUT2D eigenvalue weighted by atomic mass is 19.1. The largest absolute Gasteiger partial charge is 0.467 e. The Hall–Kier alpha value is -2.24. The van der Waals surface area contributed by atoms with Gasteiger partial charge in [0.15, 0.2) is 5.82 Å². The van der Waals surface area contributed by atoms with Crippen LogP contribution >= 0.6 is 0 Å². The van der Waals surface area contributed by atoms with Gasteiger partial charge >= 0.3 is 6.01 Å². The van der Waals surface area contributed by atoms with Crippen LogP contribution in [0, 0.1) is 12.7 Å². The minimum atomic E-state index is -0.349. The van der Waals surface area contributed by atoms with E-state index >= 15 is 0 Å². The van der Waals surface area contributed by atoms with E-state index in [2.05, 4.69) is 15.0 Å². The van der Waals surface area contributed by atoms with E-state index in [1.165, 1.54) is 19.2 Å². The molecule has 5 nitrogen and oxygen atoms in total. The molecule has 0 atom stereocenters. The molecule has 0 saturated heterocycles. The molecular formula is C11H11FN4O. The lowest BCUT2D eigenvalue weighted by Gasteiger charge is -2.04. The van der Waals surface area contributed by atoms with E-state index in [1.54, 1.807) is 13.0 Å². The average Bonchev–Trinajstić information content (AvgIpc) is 2.26. The van der Waals surface area contributed by atoms with E-state index in [0.29, 0.717) is 5.56 Å². The first-order valence-electron chi connectivity index (χ1n) is 4.91. The Morgan fingerprint density at radius 3 is 2.59 bits per heavy atom. The summed E-state index contributed by atoms with van der Waals surface area (Å²) in [5, 5.41) is 0. The van der Waals surface area contributed by atoms with Gasteiger partial charge in [0, 0.05) is 5.56 Å². The van der Waals surface area contributed by atoms with E-state index in [0.717, 1.165) is 5.56 Å². The third-order valence-corrected chi connectivity index (χ3v) is 2.12. The van der Waals surface area contributed by atoms with Crippen molar-refractivity contribution in [1.29, 1.82) is 0 Å². The molecule has 0 aliphatic carbocycles. The van der Waals surface area contributed by atoms with Crippen molar-refractivity contribution in [2.24, 2.45) is 0 Å². The van der Waals surface area contributed by atoms with Crippen LogP contribution in [0.5, 0.6) is 6.01 Å². The van der Waals surface area contributed by atoms with Crippen molar-refractivity contribution in [1.82, 2.24) is 15.0 Å². The van der Waals surface area contributed by atoms with Crippen LogP contribution in [0.2, 0.25) is 0 Å². The Bertz CT molecular complexity index is 539. The minimum Gasteiger partial charge on any atom is -0.467 e. The second-order valence-corrected chi connectivity index (χ2v) is 3.52. The molecule has 0 spiro atoms. The standard InChI is InChI=1S/C11H11FN4O/c1-6-3-7(5-8(12)4-6)9-14-10(13)16-11(15-9)17-2/h3-5H,1-2H3,(H2,13,14,15,16). The van der Waals surface area contributed by atoms with Crippen LogP contribution in [-0.4, -0.2) is 22.1 Å². The number of rotatable bonds is 2. The number of aromatic nitrogens is 3. The molecule has 0 aliphatic rings. The highest BCUT2D eigenvalue weighted by Crippen LogP contribution is 2.20. The summed E-state index contributed by atoms with van der Waals surface area (Å²) in [6.45, 7) is 1.79. The number of aryl methyl sites for hydroxylation is 1. The van der Waals surface area contributed by atoms with Gasteiger partial charge in [0.1, 0.15) is 5.82 Å². The van der Waals surface area contributed by atoms with Crippen molar-refractivity contribution in [3.63, 3.8) is 0 Å². The van der Waals surface area contributed by atoms with Gasteiger partial charge in [-0.2, -0.15) is 15.0 Å². The van der Waals surface area contributed by atoms with Crippen molar-refractivity contribution < 1.29 is 9.13 Å². The van der Waals surface area contributed by atoms with Gasteiger partial charge in [-0.3, -0.25) is 0 Å².